The van der Waals surface area contributed by atoms with E-state index in [0.717, 1.165) is 36.0 Å². The number of aromatic nitrogens is 2. The van der Waals surface area contributed by atoms with Crippen LogP contribution in [0.2, 0.25) is 0 Å². The highest BCUT2D eigenvalue weighted by Gasteiger charge is 2.41. The summed E-state index contributed by atoms with van der Waals surface area (Å²) >= 11 is 0. The molecule has 0 radical (unpaired) electrons. The number of hydrogen-bond donors (Lipinski definition) is 2. The summed E-state index contributed by atoms with van der Waals surface area (Å²) in [7, 11) is -4.16. The van der Waals surface area contributed by atoms with Crippen LogP contribution >= 0.6 is 0 Å². The van der Waals surface area contributed by atoms with Crippen LogP contribution in [0.15, 0.2) is 53.4 Å². The summed E-state index contributed by atoms with van der Waals surface area (Å²) < 4.78 is 41.6. The molecular weight excluding hydrogens is 643 g/mol. The van der Waals surface area contributed by atoms with Gasteiger partial charge in [0.05, 0.1) is 16.6 Å². The average Bonchev–Trinajstić information content (AvgIpc) is 2.96. The summed E-state index contributed by atoms with van der Waals surface area (Å²) in [5.74, 6) is 0.145. The van der Waals surface area contributed by atoms with E-state index in [9.17, 15) is 18.0 Å². The van der Waals surface area contributed by atoms with Gasteiger partial charge in [-0.1, -0.05) is 45.0 Å². The quantitative estimate of drug-likeness (QED) is 0.285. The number of carbonyl (C=O) groups excluding carboxylic acids is 2. The van der Waals surface area contributed by atoms with Gasteiger partial charge in [0.1, 0.15) is 12.2 Å². The maximum atomic E-state index is 14.5. The molecule has 4 bridgehead atoms. The van der Waals surface area contributed by atoms with Gasteiger partial charge in [0.15, 0.2) is 0 Å². The molecule has 264 valence electrons. The van der Waals surface area contributed by atoms with Gasteiger partial charge in [-0.2, -0.15) is 4.98 Å². The van der Waals surface area contributed by atoms with Crippen molar-refractivity contribution < 1.29 is 27.5 Å². The van der Waals surface area contributed by atoms with E-state index in [-0.39, 0.29) is 52.3 Å². The van der Waals surface area contributed by atoms with Gasteiger partial charge >= 0.3 is 6.09 Å². The monoisotopic (exact) mass is 691 g/mol. The van der Waals surface area contributed by atoms with Gasteiger partial charge in [-0.05, 0) is 101 Å². The number of amides is 2. The minimum absolute atomic E-state index is 0.0619. The standard InChI is InChI=1S/C37H49N5O6S/c1-23-11-9-12-24(2)32(23)30-20-31-40-34(39-30)41-49(45,46)29-14-10-13-26(19-29)33(43)42(28(22-47-31)21-36(3,4)5)27-17-25(18-27)15-16-38-35(44)48-37(6,7)8/h9-14,19-20,25,27-28H,15-18,21-22H2,1-8H3,(H,38,44)(H,39,40,41)/t25?,27?,28-/m1/s1. The minimum atomic E-state index is -4.16. The molecule has 12 heteroatoms. The maximum absolute atomic E-state index is 14.5. The zero-order chi connectivity index (χ0) is 35.7. The SMILES string of the molecule is Cc1cccc(C)c1-c1cc2nc(n1)NS(=O)(=O)c1cccc(c1)C(=O)N(C1CC(CCNC(=O)OC(C)(C)C)C1)[C@H](CC(C)(C)C)CO2. The second-order valence-electron chi connectivity index (χ2n) is 15.5. The Hall–Kier alpha value is -4.19. The fraction of sp³-hybridized carbons (Fsp3) is 0.514. The largest absolute Gasteiger partial charge is 0.475 e. The first-order chi connectivity index (χ1) is 22.9. The van der Waals surface area contributed by atoms with Gasteiger partial charge in [0.25, 0.3) is 15.9 Å². The van der Waals surface area contributed by atoms with Crippen LogP contribution in [-0.4, -0.2) is 66.1 Å². The molecule has 2 N–H and O–H groups in total. The molecule has 0 spiro atoms. The summed E-state index contributed by atoms with van der Waals surface area (Å²) in [5, 5.41) is 2.84. The van der Waals surface area contributed by atoms with Crippen LogP contribution in [-0.2, 0) is 14.8 Å². The summed E-state index contributed by atoms with van der Waals surface area (Å²) in [6, 6.07) is 13.3. The molecule has 5 rings (SSSR count). The lowest BCUT2D eigenvalue weighted by Gasteiger charge is -2.47. The molecule has 2 amide bonds. The van der Waals surface area contributed by atoms with Crippen LogP contribution in [0.25, 0.3) is 11.3 Å². The van der Waals surface area contributed by atoms with E-state index in [1.165, 1.54) is 12.1 Å². The van der Waals surface area contributed by atoms with Gasteiger partial charge in [-0.3, -0.25) is 4.79 Å². The number of aryl methyl sites for hydroxylation is 2. The van der Waals surface area contributed by atoms with E-state index < -0.39 is 21.7 Å². The third kappa shape index (κ3) is 9.09. The van der Waals surface area contributed by atoms with Crippen LogP contribution in [0.1, 0.15) is 88.7 Å². The second kappa shape index (κ2) is 14.0. The zero-order valence-electron chi connectivity index (χ0n) is 29.8. The van der Waals surface area contributed by atoms with Crippen molar-refractivity contribution in [1.82, 2.24) is 20.2 Å². The van der Waals surface area contributed by atoms with Crippen LogP contribution in [0.5, 0.6) is 5.88 Å². The zero-order valence-corrected chi connectivity index (χ0v) is 30.6. The number of ether oxygens (including phenoxy) is 2. The Bertz CT molecular complexity index is 1790. The average molecular weight is 692 g/mol. The molecule has 0 unspecified atom stereocenters. The first-order valence-corrected chi connectivity index (χ1v) is 18.4. The van der Waals surface area contributed by atoms with E-state index in [2.05, 4.69) is 40.8 Å². The van der Waals surface area contributed by atoms with Gasteiger partial charge < -0.3 is 19.7 Å². The van der Waals surface area contributed by atoms with E-state index in [4.69, 9.17) is 9.47 Å². The lowest BCUT2D eigenvalue weighted by molar-refractivity contribution is 0.00853. The highest BCUT2D eigenvalue weighted by molar-refractivity contribution is 7.92. The number of fused-ring (bicyclic) bond motifs is 4. The molecule has 49 heavy (non-hydrogen) atoms. The van der Waals surface area contributed by atoms with Crippen molar-refractivity contribution in [3.63, 3.8) is 0 Å². The van der Waals surface area contributed by atoms with Crippen molar-refractivity contribution in [2.24, 2.45) is 11.3 Å². The molecule has 1 aromatic heterocycles. The van der Waals surface area contributed by atoms with Crippen molar-refractivity contribution in [2.45, 2.75) is 104 Å². The minimum Gasteiger partial charge on any atom is -0.475 e. The number of benzene rings is 2. The fourth-order valence-electron chi connectivity index (χ4n) is 6.63. The number of nitrogens with zero attached hydrogens (tertiary/aromatic N) is 3. The molecule has 0 saturated heterocycles. The molecule has 1 atom stereocenters. The molecule has 2 aromatic carbocycles. The van der Waals surface area contributed by atoms with Crippen LogP contribution < -0.4 is 14.8 Å². The van der Waals surface area contributed by atoms with Crippen molar-refractivity contribution in [2.75, 3.05) is 17.9 Å². The predicted octanol–water partition coefficient (Wildman–Crippen LogP) is 6.89. The smallest absolute Gasteiger partial charge is 0.407 e. The Labute approximate surface area is 290 Å². The number of nitrogens with one attached hydrogen (secondary N) is 2. The topological polar surface area (TPSA) is 140 Å². The Morgan fingerprint density at radius 3 is 2.35 bits per heavy atom. The van der Waals surface area contributed by atoms with Crippen LogP contribution in [0.3, 0.4) is 0 Å². The maximum Gasteiger partial charge on any atom is 0.407 e. The Balaban J connectivity index is 1.49. The molecule has 2 aliphatic rings. The number of sulfonamides is 1. The van der Waals surface area contributed by atoms with Crippen molar-refractivity contribution >= 4 is 28.0 Å². The highest BCUT2D eigenvalue weighted by Crippen LogP contribution is 2.39. The summed E-state index contributed by atoms with van der Waals surface area (Å²) in [6.07, 6.45) is 2.44. The number of hydrogen-bond acceptors (Lipinski definition) is 8. The lowest BCUT2D eigenvalue weighted by Crippen LogP contribution is -2.55. The summed E-state index contributed by atoms with van der Waals surface area (Å²) in [4.78, 5) is 37.5. The predicted molar refractivity (Wildman–Crippen MR) is 189 cm³/mol. The molecule has 1 saturated carbocycles. The van der Waals surface area contributed by atoms with E-state index in [1.54, 1.807) is 18.2 Å². The van der Waals surface area contributed by atoms with E-state index >= 15 is 0 Å². The van der Waals surface area contributed by atoms with E-state index in [0.29, 0.717) is 24.6 Å². The number of alkyl carbamates (subject to hydrolysis) is 1. The molecule has 3 aromatic rings. The fourth-order valence-corrected chi connectivity index (χ4v) is 7.62. The van der Waals surface area contributed by atoms with Crippen LogP contribution in [0, 0.1) is 25.2 Å². The Kier molecular flexibility index (Phi) is 10.3. The summed E-state index contributed by atoms with van der Waals surface area (Å²) in [6.45, 7) is 16.4. The molecule has 1 aliphatic heterocycles. The third-order valence-electron chi connectivity index (χ3n) is 8.78. The van der Waals surface area contributed by atoms with Crippen molar-refractivity contribution in [3.05, 3.63) is 65.2 Å². The van der Waals surface area contributed by atoms with Crippen molar-refractivity contribution in [3.8, 4) is 17.1 Å². The van der Waals surface area contributed by atoms with Gasteiger partial charge in [-0.25, -0.2) is 22.9 Å². The highest BCUT2D eigenvalue weighted by atomic mass is 32.2. The third-order valence-corrected chi connectivity index (χ3v) is 10.1. The first-order valence-electron chi connectivity index (χ1n) is 16.9. The Morgan fingerprint density at radius 1 is 1.02 bits per heavy atom. The number of rotatable bonds is 6. The molecule has 2 heterocycles. The second-order valence-corrected chi connectivity index (χ2v) is 17.1. The molecule has 1 aliphatic carbocycles. The molecule has 11 nitrogen and oxygen atoms in total. The van der Waals surface area contributed by atoms with Gasteiger partial charge in [0, 0.05) is 29.8 Å². The Morgan fingerprint density at radius 2 is 1.69 bits per heavy atom. The number of anilines is 1. The molecular formula is C37H49N5O6S. The van der Waals surface area contributed by atoms with Crippen LogP contribution in [0.4, 0.5) is 10.7 Å². The van der Waals surface area contributed by atoms with Gasteiger partial charge in [-0.15, -0.1) is 0 Å². The van der Waals surface area contributed by atoms with Gasteiger partial charge in [0.2, 0.25) is 11.8 Å². The first kappa shape index (κ1) is 36.1. The number of carbonyl (C=O) groups is 2. The molecule has 1 fully saturated rings. The van der Waals surface area contributed by atoms with E-state index in [1.807, 2.05) is 57.7 Å². The summed E-state index contributed by atoms with van der Waals surface area (Å²) in [5.41, 5.74) is 2.90. The normalized spacial score (nSPS) is 20.8. The van der Waals surface area contributed by atoms with Crippen molar-refractivity contribution in [1.29, 1.82) is 0 Å². The lowest BCUT2D eigenvalue weighted by atomic mass is 9.75.